The van der Waals surface area contributed by atoms with Gasteiger partial charge in [0, 0.05) is 5.56 Å². The number of benzene rings is 2. The van der Waals surface area contributed by atoms with Crippen molar-refractivity contribution in [3.63, 3.8) is 0 Å². The van der Waals surface area contributed by atoms with Gasteiger partial charge < -0.3 is 10.2 Å². The fourth-order valence-corrected chi connectivity index (χ4v) is 2.08. The second-order valence-corrected chi connectivity index (χ2v) is 3.87. The minimum atomic E-state index is -0.157. The molecule has 14 heavy (non-hydrogen) atoms. The lowest BCUT2D eigenvalue weighted by atomic mass is 10.1. The van der Waals surface area contributed by atoms with Gasteiger partial charge >= 0.3 is 0 Å². The van der Waals surface area contributed by atoms with Crippen LogP contribution in [0.2, 0.25) is 0 Å². The molecule has 2 aromatic rings. The van der Waals surface area contributed by atoms with Crippen molar-refractivity contribution in [2.75, 3.05) is 0 Å². The van der Waals surface area contributed by atoms with E-state index in [1.807, 2.05) is 24.3 Å². The van der Waals surface area contributed by atoms with E-state index in [9.17, 15) is 5.11 Å². The van der Waals surface area contributed by atoms with Crippen molar-refractivity contribution < 1.29 is 10.2 Å². The topological polar surface area (TPSA) is 40.5 Å². The van der Waals surface area contributed by atoms with Gasteiger partial charge in [-0.25, -0.2) is 0 Å². The summed E-state index contributed by atoms with van der Waals surface area (Å²) in [4.78, 5) is 0. The Bertz CT molecular complexity index is 480. The van der Waals surface area contributed by atoms with Gasteiger partial charge in [0.1, 0.15) is 5.75 Å². The van der Waals surface area contributed by atoms with Crippen molar-refractivity contribution in [1.29, 1.82) is 0 Å². The van der Waals surface area contributed by atoms with Crippen LogP contribution in [0.5, 0.6) is 5.75 Å². The molecule has 0 aliphatic heterocycles. The third-order valence-corrected chi connectivity index (χ3v) is 3.01. The van der Waals surface area contributed by atoms with Crippen LogP contribution in [0.4, 0.5) is 0 Å². The largest absolute Gasteiger partial charge is 0.506 e. The number of fused-ring (bicyclic) bond motifs is 1. The number of aliphatic hydroxyl groups is 1. The average Bonchev–Trinajstić information content (AvgIpc) is 2.23. The van der Waals surface area contributed by atoms with Gasteiger partial charge in [-0.3, -0.25) is 0 Å². The molecule has 0 saturated carbocycles. The second-order valence-electron chi connectivity index (χ2n) is 3.08. The van der Waals surface area contributed by atoms with Crippen LogP contribution in [0.3, 0.4) is 0 Å². The summed E-state index contributed by atoms with van der Waals surface area (Å²) in [5.41, 5.74) is 0.538. The molecule has 0 aromatic heterocycles. The van der Waals surface area contributed by atoms with Gasteiger partial charge in [-0.2, -0.15) is 0 Å². The molecule has 0 fully saturated rings. The van der Waals surface area contributed by atoms with Gasteiger partial charge in [-0.1, -0.05) is 24.3 Å². The standard InChI is InChI=1S/C11H9BrO2/c12-10-9-4-2-1-3-7(9)5-8(6-13)11(10)14/h1-5,13-14H,6H2. The van der Waals surface area contributed by atoms with Crippen molar-refractivity contribution in [2.24, 2.45) is 0 Å². The van der Waals surface area contributed by atoms with Crippen LogP contribution in [0, 0.1) is 0 Å². The van der Waals surface area contributed by atoms with Crippen molar-refractivity contribution >= 4 is 26.7 Å². The highest BCUT2D eigenvalue weighted by Gasteiger charge is 2.08. The molecule has 0 aliphatic carbocycles. The summed E-state index contributed by atoms with van der Waals surface area (Å²) in [6.45, 7) is -0.157. The second kappa shape index (κ2) is 3.59. The average molecular weight is 253 g/mol. The number of hydrogen-bond acceptors (Lipinski definition) is 2. The Morgan fingerprint density at radius 1 is 1.21 bits per heavy atom. The smallest absolute Gasteiger partial charge is 0.135 e. The zero-order valence-electron chi connectivity index (χ0n) is 7.37. The van der Waals surface area contributed by atoms with Gasteiger partial charge in [-0.05, 0) is 32.8 Å². The summed E-state index contributed by atoms with van der Waals surface area (Å²) in [6, 6.07) is 9.48. The lowest BCUT2D eigenvalue weighted by Crippen LogP contribution is -1.86. The Morgan fingerprint density at radius 2 is 1.93 bits per heavy atom. The summed E-state index contributed by atoms with van der Waals surface area (Å²) in [5.74, 6) is 0.117. The van der Waals surface area contributed by atoms with E-state index >= 15 is 0 Å². The normalized spacial score (nSPS) is 10.7. The van der Waals surface area contributed by atoms with E-state index < -0.39 is 0 Å². The lowest BCUT2D eigenvalue weighted by Gasteiger charge is -2.07. The van der Waals surface area contributed by atoms with Crippen molar-refractivity contribution in [1.82, 2.24) is 0 Å². The van der Waals surface area contributed by atoms with Gasteiger partial charge in [0.2, 0.25) is 0 Å². The van der Waals surface area contributed by atoms with E-state index in [4.69, 9.17) is 5.11 Å². The molecule has 0 bridgehead atoms. The molecule has 0 heterocycles. The predicted octanol–water partition coefficient (Wildman–Crippen LogP) is 2.80. The van der Waals surface area contributed by atoms with Crippen LogP contribution in [-0.4, -0.2) is 10.2 Å². The Labute approximate surface area is 89.9 Å². The zero-order valence-corrected chi connectivity index (χ0v) is 8.95. The van der Waals surface area contributed by atoms with E-state index in [1.165, 1.54) is 0 Å². The first-order chi connectivity index (χ1) is 6.74. The number of halogens is 1. The summed E-state index contributed by atoms with van der Waals surface area (Å²) in [7, 11) is 0. The molecule has 0 unspecified atom stereocenters. The monoisotopic (exact) mass is 252 g/mol. The van der Waals surface area contributed by atoms with Crippen LogP contribution < -0.4 is 0 Å². The highest BCUT2D eigenvalue weighted by atomic mass is 79.9. The molecule has 0 spiro atoms. The molecule has 2 N–H and O–H groups in total. The van der Waals surface area contributed by atoms with Gasteiger partial charge in [-0.15, -0.1) is 0 Å². The number of hydrogen-bond donors (Lipinski definition) is 2. The molecule has 2 aromatic carbocycles. The fraction of sp³-hybridized carbons (Fsp3) is 0.0909. The number of phenols is 1. The maximum Gasteiger partial charge on any atom is 0.135 e. The minimum absolute atomic E-state index is 0.117. The Balaban J connectivity index is 2.85. The van der Waals surface area contributed by atoms with Crippen LogP contribution in [-0.2, 0) is 6.61 Å². The third kappa shape index (κ3) is 1.38. The maximum absolute atomic E-state index is 9.69. The molecule has 72 valence electrons. The maximum atomic E-state index is 9.69. The first-order valence-electron chi connectivity index (χ1n) is 4.24. The third-order valence-electron chi connectivity index (χ3n) is 2.21. The molecule has 3 heteroatoms. The minimum Gasteiger partial charge on any atom is -0.506 e. The molecule has 0 atom stereocenters. The van der Waals surface area contributed by atoms with E-state index in [1.54, 1.807) is 6.07 Å². The molecular weight excluding hydrogens is 244 g/mol. The Hall–Kier alpha value is -1.06. The number of rotatable bonds is 1. The van der Waals surface area contributed by atoms with Crippen molar-refractivity contribution in [3.8, 4) is 5.75 Å². The number of aromatic hydroxyl groups is 1. The summed E-state index contributed by atoms with van der Waals surface area (Å²) < 4.78 is 0.639. The quantitative estimate of drug-likeness (QED) is 0.820. The van der Waals surface area contributed by atoms with E-state index in [0.29, 0.717) is 10.0 Å². The Kier molecular flexibility index (Phi) is 2.44. The predicted molar refractivity (Wildman–Crippen MR) is 59.2 cm³/mol. The first kappa shape index (κ1) is 9.49. The molecule has 0 radical (unpaired) electrons. The van der Waals surface area contributed by atoms with Crippen molar-refractivity contribution in [3.05, 3.63) is 40.4 Å². The fourth-order valence-electron chi connectivity index (χ4n) is 1.47. The molecule has 0 saturated heterocycles. The zero-order chi connectivity index (χ0) is 10.1. The first-order valence-corrected chi connectivity index (χ1v) is 5.03. The van der Waals surface area contributed by atoms with E-state index in [2.05, 4.69) is 15.9 Å². The molecule has 2 nitrogen and oxygen atoms in total. The molecule has 0 amide bonds. The van der Waals surface area contributed by atoms with Gasteiger partial charge in [0.25, 0.3) is 0 Å². The van der Waals surface area contributed by atoms with Crippen LogP contribution >= 0.6 is 15.9 Å². The highest BCUT2D eigenvalue weighted by molar-refractivity contribution is 9.10. The molecule has 0 aliphatic rings. The molecular formula is C11H9BrO2. The molecule has 2 rings (SSSR count). The van der Waals surface area contributed by atoms with E-state index in [-0.39, 0.29) is 12.4 Å². The SMILES string of the molecule is OCc1cc2ccccc2c(Br)c1O. The van der Waals surface area contributed by atoms with Crippen LogP contribution in [0.15, 0.2) is 34.8 Å². The highest BCUT2D eigenvalue weighted by Crippen LogP contribution is 2.35. The summed E-state index contributed by atoms with van der Waals surface area (Å²) in [5, 5.41) is 20.7. The summed E-state index contributed by atoms with van der Waals surface area (Å²) in [6.07, 6.45) is 0. The lowest BCUT2D eigenvalue weighted by molar-refractivity contribution is 0.275. The summed E-state index contributed by atoms with van der Waals surface area (Å²) >= 11 is 3.31. The van der Waals surface area contributed by atoms with Gasteiger partial charge in [0.05, 0.1) is 11.1 Å². The van der Waals surface area contributed by atoms with E-state index in [0.717, 1.165) is 10.8 Å². The Morgan fingerprint density at radius 3 is 2.64 bits per heavy atom. The van der Waals surface area contributed by atoms with Crippen molar-refractivity contribution in [2.45, 2.75) is 6.61 Å². The van der Waals surface area contributed by atoms with Gasteiger partial charge in [0.15, 0.2) is 0 Å². The van der Waals surface area contributed by atoms with Crippen LogP contribution in [0.1, 0.15) is 5.56 Å². The number of aliphatic hydroxyl groups excluding tert-OH is 1. The van der Waals surface area contributed by atoms with Crippen LogP contribution in [0.25, 0.3) is 10.8 Å².